The second-order valence-corrected chi connectivity index (χ2v) is 4.12. The molecule has 2 aromatic heterocycles. The number of fused-ring (bicyclic) bond motifs is 1. The zero-order chi connectivity index (χ0) is 12.5. The van der Waals surface area contributed by atoms with Crippen molar-refractivity contribution in [1.82, 2.24) is 15.0 Å². The summed E-state index contributed by atoms with van der Waals surface area (Å²) in [5.74, 6) is -0.270. The van der Waals surface area contributed by atoms with Gasteiger partial charge in [0, 0.05) is 11.8 Å². The van der Waals surface area contributed by atoms with Crippen molar-refractivity contribution in [3.8, 4) is 11.1 Å². The molecule has 0 saturated heterocycles. The number of hydrogen-bond acceptors (Lipinski definition) is 3. The third kappa shape index (κ3) is 1.91. The number of benzene rings is 1. The average Bonchev–Trinajstić information content (AvgIpc) is 2.40. The fourth-order valence-electron chi connectivity index (χ4n) is 1.72. The van der Waals surface area contributed by atoms with Crippen molar-refractivity contribution < 1.29 is 4.39 Å². The van der Waals surface area contributed by atoms with Crippen LogP contribution in [0.5, 0.6) is 0 Å². The molecule has 0 bridgehead atoms. The Morgan fingerprint density at radius 3 is 2.50 bits per heavy atom. The third-order valence-electron chi connectivity index (χ3n) is 2.62. The lowest BCUT2D eigenvalue weighted by Gasteiger charge is -2.03. The summed E-state index contributed by atoms with van der Waals surface area (Å²) in [6.07, 6.45) is 3.05. The molecular formula is C13H7ClFN3. The minimum absolute atomic E-state index is 0.270. The van der Waals surface area contributed by atoms with Gasteiger partial charge in [0.05, 0.1) is 5.39 Å². The first-order valence-corrected chi connectivity index (χ1v) is 5.64. The van der Waals surface area contributed by atoms with E-state index in [1.54, 1.807) is 18.3 Å². The van der Waals surface area contributed by atoms with Gasteiger partial charge in [0.25, 0.3) is 0 Å². The molecule has 18 heavy (non-hydrogen) atoms. The quantitative estimate of drug-likeness (QED) is 0.628. The van der Waals surface area contributed by atoms with E-state index in [0.717, 1.165) is 11.1 Å². The maximum atomic E-state index is 12.9. The van der Waals surface area contributed by atoms with Crippen LogP contribution < -0.4 is 0 Å². The van der Waals surface area contributed by atoms with Crippen molar-refractivity contribution >= 4 is 22.6 Å². The molecule has 88 valence electrons. The molecule has 0 unspecified atom stereocenters. The van der Waals surface area contributed by atoms with Gasteiger partial charge >= 0.3 is 0 Å². The molecule has 0 aliphatic rings. The van der Waals surface area contributed by atoms with E-state index in [2.05, 4.69) is 15.0 Å². The number of aromatic nitrogens is 3. The molecule has 0 aliphatic heterocycles. The minimum atomic E-state index is -0.270. The molecule has 0 fully saturated rings. The topological polar surface area (TPSA) is 38.7 Å². The lowest BCUT2D eigenvalue weighted by atomic mass is 10.1. The van der Waals surface area contributed by atoms with Gasteiger partial charge in [-0.05, 0) is 23.8 Å². The fourth-order valence-corrected chi connectivity index (χ4v) is 1.90. The van der Waals surface area contributed by atoms with Crippen molar-refractivity contribution in [2.45, 2.75) is 0 Å². The van der Waals surface area contributed by atoms with Gasteiger partial charge in [-0.25, -0.2) is 19.3 Å². The molecule has 0 aliphatic carbocycles. The molecular weight excluding hydrogens is 253 g/mol. The molecule has 0 N–H and O–H groups in total. The molecule has 0 saturated carbocycles. The van der Waals surface area contributed by atoms with Crippen molar-refractivity contribution in [3.05, 3.63) is 53.8 Å². The van der Waals surface area contributed by atoms with Gasteiger partial charge in [-0.1, -0.05) is 23.7 Å². The highest BCUT2D eigenvalue weighted by molar-refractivity contribution is 6.33. The van der Waals surface area contributed by atoms with E-state index < -0.39 is 0 Å². The Labute approximate surface area is 107 Å². The van der Waals surface area contributed by atoms with E-state index in [9.17, 15) is 4.39 Å². The van der Waals surface area contributed by atoms with E-state index in [1.807, 2.05) is 6.07 Å². The predicted octanol–water partition coefficient (Wildman–Crippen LogP) is 3.48. The molecule has 5 heteroatoms. The summed E-state index contributed by atoms with van der Waals surface area (Å²) >= 11 is 5.99. The molecule has 0 radical (unpaired) electrons. The van der Waals surface area contributed by atoms with Crippen molar-refractivity contribution in [3.63, 3.8) is 0 Å². The van der Waals surface area contributed by atoms with E-state index in [-0.39, 0.29) is 5.82 Å². The maximum Gasteiger partial charge on any atom is 0.164 e. The van der Waals surface area contributed by atoms with Gasteiger partial charge in [-0.2, -0.15) is 0 Å². The highest BCUT2D eigenvalue weighted by Crippen LogP contribution is 2.25. The minimum Gasteiger partial charge on any atom is -0.236 e. The Bertz CT molecular complexity index is 713. The molecule has 3 rings (SSSR count). The highest BCUT2D eigenvalue weighted by Gasteiger charge is 2.05. The summed E-state index contributed by atoms with van der Waals surface area (Å²) in [5, 5.41) is 1.04. The van der Waals surface area contributed by atoms with Crippen LogP contribution in [0.2, 0.25) is 5.15 Å². The zero-order valence-electron chi connectivity index (χ0n) is 9.14. The first-order chi connectivity index (χ1) is 8.74. The first kappa shape index (κ1) is 11.0. The number of rotatable bonds is 1. The monoisotopic (exact) mass is 259 g/mol. The number of pyridine rings is 1. The normalized spacial score (nSPS) is 10.8. The van der Waals surface area contributed by atoms with E-state index in [4.69, 9.17) is 11.6 Å². The molecule has 1 aromatic carbocycles. The van der Waals surface area contributed by atoms with Crippen LogP contribution in [0.25, 0.3) is 22.2 Å². The van der Waals surface area contributed by atoms with E-state index >= 15 is 0 Å². The van der Waals surface area contributed by atoms with Gasteiger partial charge in [0.2, 0.25) is 0 Å². The van der Waals surface area contributed by atoms with Crippen LogP contribution in [-0.2, 0) is 0 Å². The van der Waals surface area contributed by atoms with Crippen LogP contribution in [0, 0.1) is 5.82 Å². The Kier molecular flexibility index (Phi) is 2.64. The van der Waals surface area contributed by atoms with Gasteiger partial charge in [0.1, 0.15) is 17.3 Å². The molecule has 0 spiro atoms. The number of hydrogen-bond donors (Lipinski definition) is 0. The first-order valence-electron chi connectivity index (χ1n) is 5.26. The third-order valence-corrected chi connectivity index (χ3v) is 2.92. The average molecular weight is 260 g/mol. The Balaban J connectivity index is 2.18. The standard InChI is InChI=1S/C13H7ClFN3/c14-12-11-5-9(6-16-13(11)18-7-17-12)8-1-3-10(15)4-2-8/h1-7H. The SMILES string of the molecule is Fc1ccc(-c2cnc3ncnc(Cl)c3c2)cc1. The van der Waals surface area contributed by atoms with Crippen LogP contribution in [0.1, 0.15) is 0 Å². The van der Waals surface area contributed by atoms with Crippen LogP contribution in [0.3, 0.4) is 0 Å². The molecule has 3 aromatic rings. The fraction of sp³-hybridized carbons (Fsp3) is 0. The van der Waals surface area contributed by atoms with Gasteiger partial charge < -0.3 is 0 Å². The van der Waals surface area contributed by atoms with E-state index in [1.165, 1.54) is 18.5 Å². The smallest absolute Gasteiger partial charge is 0.164 e. The molecule has 2 heterocycles. The largest absolute Gasteiger partial charge is 0.236 e. The number of halogens is 2. The Hall–Kier alpha value is -2.07. The summed E-state index contributed by atoms with van der Waals surface area (Å²) < 4.78 is 12.9. The van der Waals surface area contributed by atoms with Crippen LogP contribution in [0.15, 0.2) is 42.9 Å². The molecule has 0 amide bonds. The molecule has 3 nitrogen and oxygen atoms in total. The second-order valence-electron chi connectivity index (χ2n) is 3.77. The van der Waals surface area contributed by atoms with Gasteiger partial charge in [-0.3, -0.25) is 0 Å². The Morgan fingerprint density at radius 2 is 1.72 bits per heavy atom. The number of nitrogens with zero attached hydrogens (tertiary/aromatic N) is 3. The summed E-state index contributed by atoms with van der Waals surface area (Å²) in [6, 6.07) is 8.04. The van der Waals surface area contributed by atoms with Crippen LogP contribution >= 0.6 is 11.6 Å². The lowest BCUT2D eigenvalue weighted by molar-refractivity contribution is 0.628. The van der Waals surface area contributed by atoms with Gasteiger partial charge in [0.15, 0.2) is 5.65 Å². The van der Waals surface area contributed by atoms with Crippen molar-refractivity contribution in [2.75, 3.05) is 0 Å². The van der Waals surface area contributed by atoms with Gasteiger partial charge in [-0.15, -0.1) is 0 Å². The maximum absolute atomic E-state index is 12.9. The highest BCUT2D eigenvalue weighted by atomic mass is 35.5. The second kappa shape index (κ2) is 4.31. The predicted molar refractivity (Wildman–Crippen MR) is 67.7 cm³/mol. The van der Waals surface area contributed by atoms with Crippen LogP contribution in [0.4, 0.5) is 4.39 Å². The summed E-state index contributed by atoms with van der Waals surface area (Å²) in [5.41, 5.74) is 2.26. The summed E-state index contributed by atoms with van der Waals surface area (Å²) in [7, 11) is 0. The summed E-state index contributed by atoms with van der Waals surface area (Å²) in [4.78, 5) is 12.1. The zero-order valence-corrected chi connectivity index (χ0v) is 9.89. The van der Waals surface area contributed by atoms with E-state index in [0.29, 0.717) is 16.2 Å². The Morgan fingerprint density at radius 1 is 0.944 bits per heavy atom. The van der Waals surface area contributed by atoms with Crippen molar-refractivity contribution in [2.24, 2.45) is 0 Å². The molecule has 0 atom stereocenters. The van der Waals surface area contributed by atoms with Crippen molar-refractivity contribution in [1.29, 1.82) is 0 Å². The summed E-state index contributed by atoms with van der Waals surface area (Å²) in [6.45, 7) is 0. The van der Waals surface area contributed by atoms with Crippen LogP contribution in [-0.4, -0.2) is 15.0 Å². The lowest BCUT2D eigenvalue weighted by Crippen LogP contribution is -1.89.